The van der Waals surface area contributed by atoms with Gasteiger partial charge in [-0.2, -0.15) is 0 Å². The second kappa shape index (κ2) is 6.41. The molecule has 1 amide bonds. The third kappa shape index (κ3) is 2.77. The smallest absolute Gasteiger partial charge is 0.227 e. The Morgan fingerprint density at radius 1 is 1.38 bits per heavy atom. The molecule has 2 atom stereocenters. The number of benzene rings is 1. The first kappa shape index (κ1) is 17.1. The Morgan fingerprint density at radius 2 is 2.23 bits per heavy atom. The van der Waals surface area contributed by atoms with Crippen LogP contribution in [0.1, 0.15) is 42.2 Å². The van der Waals surface area contributed by atoms with Gasteiger partial charge in [0.1, 0.15) is 5.75 Å². The largest absolute Gasteiger partial charge is 0.496 e. The van der Waals surface area contributed by atoms with Crippen LogP contribution in [0.2, 0.25) is 0 Å². The number of likely N-dealkylation sites (tertiary alicyclic amines) is 1. The molecule has 1 saturated heterocycles. The number of hydrogen-bond acceptors (Lipinski definition) is 5. The predicted molar refractivity (Wildman–Crippen MR) is 96.1 cm³/mol. The fraction of sp³-hybridized carbons (Fsp3) is 0.550. The molecule has 2 heterocycles. The lowest BCUT2D eigenvalue weighted by molar-refractivity contribution is -0.129. The van der Waals surface area contributed by atoms with Gasteiger partial charge in [-0.25, -0.2) is 0 Å². The van der Waals surface area contributed by atoms with Gasteiger partial charge >= 0.3 is 0 Å². The van der Waals surface area contributed by atoms with E-state index in [4.69, 9.17) is 9.15 Å². The molecule has 138 valence electrons. The summed E-state index contributed by atoms with van der Waals surface area (Å²) in [5.74, 6) is 2.70. The van der Waals surface area contributed by atoms with Gasteiger partial charge in [0.2, 0.25) is 17.7 Å². The molecule has 1 saturated carbocycles. The van der Waals surface area contributed by atoms with E-state index in [0.29, 0.717) is 30.7 Å². The fourth-order valence-electron chi connectivity index (χ4n) is 4.59. The number of hydrogen-bond donors (Lipinski definition) is 0. The lowest BCUT2D eigenvalue weighted by Gasteiger charge is -2.24. The Kier molecular flexibility index (Phi) is 4.21. The van der Waals surface area contributed by atoms with E-state index in [9.17, 15) is 4.79 Å². The van der Waals surface area contributed by atoms with Crippen molar-refractivity contribution < 1.29 is 13.9 Å². The number of rotatable bonds is 4. The molecule has 0 bridgehead atoms. The number of aromatic nitrogens is 2. The third-order valence-electron chi connectivity index (χ3n) is 6.00. The minimum atomic E-state index is -0.151. The first-order valence-corrected chi connectivity index (χ1v) is 9.24. The summed E-state index contributed by atoms with van der Waals surface area (Å²) in [7, 11) is 1.66. The van der Waals surface area contributed by atoms with Gasteiger partial charge < -0.3 is 14.1 Å². The molecule has 4 rings (SSSR count). The molecule has 2 aliphatic rings. The first-order chi connectivity index (χ1) is 12.5. The predicted octanol–water partition coefficient (Wildman–Crippen LogP) is 2.82. The Balaban J connectivity index is 1.52. The molecule has 1 aromatic heterocycles. The van der Waals surface area contributed by atoms with Crippen LogP contribution in [0.3, 0.4) is 0 Å². The maximum Gasteiger partial charge on any atom is 0.227 e. The summed E-state index contributed by atoms with van der Waals surface area (Å²) in [6, 6.07) is 5.97. The van der Waals surface area contributed by atoms with Gasteiger partial charge in [0.15, 0.2) is 0 Å². The number of aryl methyl sites for hydroxylation is 2. The van der Waals surface area contributed by atoms with E-state index >= 15 is 0 Å². The average molecular weight is 355 g/mol. The highest BCUT2D eigenvalue weighted by Crippen LogP contribution is 2.50. The van der Waals surface area contributed by atoms with Crippen LogP contribution >= 0.6 is 0 Å². The lowest BCUT2D eigenvalue weighted by Crippen LogP contribution is -2.35. The molecule has 0 spiro atoms. The summed E-state index contributed by atoms with van der Waals surface area (Å²) >= 11 is 0. The number of ether oxygens (including phenoxy) is 1. The molecule has 6 heteroatoms. The van der Waals surface area contributed by atoms with Crippen molar-refractivity contribution in [1.82, 2.24) is 15.1 Å². The SMILES string of the molecule is COc1cc(CC(=O)N2C[C@@H]3CCC[C@]3(c3nnc(C)o3)C2)ccc1C. The van der Waals surface area contributed by atoms with Crippen LogP contribution < -0.4 is 4.74 Å². The van der Waals surface area contributed by atoms with Crippen LogP contribution in [0.25, 0.3) is 0 Å². The molecule has 1 aliphatic heterocycles. The van der Waals surface area contributed by atoms with Crippen molar-refractivity contribution in [3.8, 4) is 5.75 Å². The van der Waals surface area contributed by atoms with Crippen molar-refractivity contribution in [3.63, 3.8) is 0 Å². The topological polar surface area (TPSA) is 68.5 Å². The molecule has 0 N–H and O–H groups in total. The maximum absolute atomic E-state index is 12.9. The van der Waals surface area contributed by atoms with Crippen molar-refractivity contribution in [1.29, 1.82) is 0 Å². The monoisotopic (exact) mass is 355 g/mol. The molecular weight excluding hydrogens is 330 g/mol. The summed E-state index contributed by atoms with van der Waals surface area (Å²) in [4.78, 5) is 14.9. The van der Waals surface area contributed by atoms with Crippen molar-refractivity contribution >= 4 is 5.91 Å². The molecule has 1 aliphatic carbocycles. The van der Waals surface area contributed by atoms with Crippen molar-refractivity contribution in [2.75, 3.05) is 20.2 Å². The highest BCUT2D eigenvalue weighted by molar-refractivity contribution is 5.79. The third-order valence-corrected chi connectivity index (χ3v) is 6.00. The van der Waals surface area contributed by atoms with Gasteiger partial charge in [0.25, 0.3) is 0 Å². The number of carbonyl (C=O) groups is 1. The van der Waals surface area contributed by atoms with Crippen molar-refractivity contribution in [2.45, 2.75) is 44.9 Å². The molecule has 26 heavy (non-hydrogen) atoms. The fourth-order valence-corrected chi connectivity index (χ4v) is 4.59. The second-order valence-corrected chi connectivity index (χ2v) is 7.63. The van der Waals surface area contributed by atoms with Gasteiger partial charge in [-0.1, -0.05) is 18.6 Å². The van der Waals surface area contributed by atoms with E-state index < -0.39 is 0 Å². The maximum atomic E-state index is 12.9. The van der Waals surface area contributed by atoms with E-state index in [0.717, 1.165) is 42.7 Å². The quantitative estimate of drug-likeness (QED) is 0.843. The number of fused-ring (bicyclic) bond motifs is 1. The number of amides is 1. The van der Waals surface area contributed by atoms with Crippen LogP contribution in [-0.4, -0.2) is 41.2 Å². The van der Waals surface area contributed by atoms with Crippen LogP contribution in [0.15, 0.2) is 22.6 Å². The summed E-state index contributed by atoms with van der Waals surface area (Å²) in [5.41, 5.74) is 1.91. The normalized spacial score (nSPS) is 24.7. The summed E-state index contributed by atoms with van der Waals surface area (Å²) in [5, 5.41) is 8.32. The highest BCUT2D eigenvalue weighted by Gasteiger charge is 2.54. The molecule has 0 radical (unpaired) electrons. The van der Waals surface area contributed by atoms with Crippen molar-refractivity contribution in [3.05, 3.63) is 41.1 Å². The Labute approximate surface area is 153 Å². The minimum Gasteiger partial charge on any atom is -0.496 e. The highest BCUT2D eigenvalue weighted by atomic mass is 16.5. The van der Waals surface area contributed by atoms with E-state index in [-0.39, 0.29) is 11.3 Å². The van der Waals surface area contributed by atoms with Crippen LogP contribution in [0, 0.1) is 19.8 Å². The molecule has 0 unspecified atom stereocenters. The Bertz CT molecular complexity index is 831. The molecule has 6 nitrogen and oxygen atoms in total. The van der Waals surface area contributed by atoms with Crippen LogP contribution in [-0.2, 0) is 16.6 Å². The Hall–Kier alpha value is -2.37. The van der Waals surface area contributed by atoms with E-state index in [2.05, 4.69) is 10.2 Å². The molecule has 2 aromatic rings. The molecule has 2 fully saturated rings. The van der Waals surface area contributed by atoms with Gasteiger partial charge in [-0.05, 0) is 42.9 Å². The minimum absolute atomic E-state index is 0.151. The lowest BCUT2D eigenvalue weighted by atomic mass is 9.80. The van der Waals surface area contributed by atoms with E-state index in [1.807, 2.05) is 36.9 Å². The summed E-state index contributed by atoms with van der Waals surface area (Å²) < 4.78 is 11.2. The standard InChI is InChI=1S/C20H25N3O3/c1-13-6-7-15(9-17(13)25-3)10-18(24)23-11-16-5-4-8-20(16,12-23)19-22-21-14(2)26-19/h6-7,9,16H,4-5,8,10-12H2,1-3H3/t16-,20-/m0/s1. The van der Waals surface area contributed by atoms with Crippen LogP contribution in [0.5, 0.6) is 5.75 Å². The zero-order valence-corrected chi connectivity index (χ0v) is 15.6. The second-order valence-electron chi connectivity index (χ2n) is 7.63. The van der Waals surface area contributed by atoms with Gasteiger partial charge in [-0.15, -0.1) is 10.2 Å². The zero-order valence-electron chi connectivity index (χ0n) is 15.6. The van der Waals surface area contributed by atoms with E-state index in [1.165, 1.54) is 0 Å². The first-order valence-electron chi connectivity index (χ1n) is 9.24. The Morgan fingerprint density at radius 3 is 2.96 bits per heavy atom. The van der Waals surface area contributed by atoms with Crippen LogP contribution in [0.4, 0.5) is 0 Å². The van der Waals surface area contributed by atoms with Crippen molar-refractivity contribution in [2.24, 2.45) is 5.92 Å². The van der Waals surface area contributed by atoms with E-state index in [1.54, 1.807) is 7.11 Å². The number of carbonyl (C=O) groups excluding carboxylic acids is 1. The van der Waals surface area contributed by atoms with Gasteiger partial charge in [-0.3, -0.25) is 4.79 Å². The average Bonchev–Trinajstić information content (AvgIpc) is 3.30. The molecule has 1 aromatic carbocycles. The summed E-state index contributed by atoms with van der Waals surface area (Å²) in [6.07, 6.45) is 3.68. The van der Waals surface area contributed by atoms with Gasteiger partial charge in [0.05, 0.1) is 18.9 Å². The zero-order chi connectivity index (χ0) is 18.3. The summed E-state index contributed by atoms with van der Waals surface area (Å²) in [6.45, 7) is 5.28. The van der Waals surface area contributed by atoms with Gasteiger partial charge in [0, 0.05) is 20.0 Å². The number of nitrogens with zero attached hydrogens (tertiary/aromatic N) is 3. The number of methoxy groups -OCH3 is 1. The molecular formula is C20H25N3O3.